The number of benzene rings is 1. The van der Waals surface area contributed by atoms with Crippen LogP contribution in [0.4, 0.5) is 18.9 Å². The topological polar surface area (TPSA) is 73.4 Å². The molecular weight excluding hydrogens is 341 g/mol. The molecule has 0 fully saturated rings. The number of nitrogens with zero attached hydrogens (tertiary/aromatic N) is 3. The summed E-state index contributed by atoms with van der Waals surface area (Å²) < 4.78 is 42.6. The second-order valence-electron chi connectivity index (χ2n) is 4.79. The number of methoxy groups -OCH3 is 1. The molecule has 0 amide bonds. The molecule has 0 aliphatic carbocycles. The Balaban J connectivity index is 2.37. The van der Waals surface area contributed by atoms with Crippen molar-refractivity contribution in [3.63, 3.8) is 0 Å². The lowest BCUT2D eigenvalue weighted by Gasteiger charge is -2.12. The monoisotopic (exact) mass is 356 g/mol. The smallest absolute Gasteiger partial charge is 0.398 e. The van der Waals surface area contributed by atoms with Gasteiger partial charge in [-0.15, -0.1) is 11.8 Å². The van der Waals surface area contributed by atoms with E-state index in [0.717, 1.165) is 0 Å². The zero-order valence-electron chi connectivity index (χ0n) is 13.0. The molecule has 2 aromatic rings. The van der Waals surface area contributed by atoms with Crippen molar-refractivity contribution in [3.05, 3.63) is 42.0 Å². The Morgan fingerprint density at radius 1 is 1.38 bits per heavy atom. The largest absolute Gasteiger partial charge is 0.494 e. The molecule has 0 saturated heterocycles. The Bertz CT molecular complexity index is 735. The first-order valence-corrected chi connectivity index (χ1v) is 7.77. The number of thioether (sulfide) groups is 1. The van der Waals surface area contributed by atoms with Crippen LogP contribution in [0.5, 0.6) is 5.75 Å². The van der Waals surface area contributed by atoms with Crippen LogP contribution in [0.15, 0.2) is 40.6 Å². The molecule has 2 N–H and O–H groups in total. The highest BCUT2D eigenvalue weighted by Gasteiger charge is 2.27. The lowest BCUT2D eigenvalue weighted by Crippen LogP contribution is -2.14. The molecule has 0 spiro atoms. The predicted octanol–water partition coefficient (Wildman–Crippen LogP) is 3.49. The molecule has 0 radical (unpaired) electrons. The summed E-state index contributed by atoms with van der Waals surface area (Å²) in [6.07, 6.45) is -1.41. The lowest BCUT2D eigenvalue weighted by molar-refractivity contribution is -0.105. The number of hydrogen-bond acceptors (Lipinski definition) is 5. The van der Waals surface area contributed by atoms with Crippen molar-refractivity contribution in [2.24, 2.45) is 10.7 Å². The molecule has 0 aliphatic heterocycles. The van der Waals surface area contributed by atoms with Crippen LogP contribution in [0.3, 0.4) is 0 Å². The third-order valence-electron chi connectivity index (χ3n) is 2.95. The van der Waals surface area contributed by atoms with E-state index >= 15 is 0 Å². The molecule has 1 aromatic carbocycles. The highest BCUT2D eigenvalue weighted by atomic mass is 32.2. The van der Waals surface area contributed by atoms with Gasteiger partial charge in [-0.1, -0.05) is 0 Å². The molecule has 0 saturated carbocycles. The number of alkyl halides is 3. The van der Waals surface area contributed by atoms with E-state index in [1.807, 2.05) is 0 Å². The van der Waals surface area contributed by atoms with E-state index in [-0.39, 0.29) is 5.84 Å². The molecule has 0 unspecified atom stereocenters. The maximum absolute atomic E-state index is 12.4. The number of ether oxygens (including phenoxy) is 1. The number of halogens is 3. The fourth-order valence-corrected chi connectivity index (χ4v) is 2.65. The first-order chi connectivity index (χ1) is 11.3. The molecule has 5 nitrogen and oxygen atoms in total. The Morgan fingerprint density at radius 2 is 2.12 bits per heavy atom. The highest BCUT2D eigenvalue weighted by molar-refractivity contribution is 7.99. The third-order valence-corrected chi connectivity index (χ3v) is 4.18. The summed E-state index contributed by atoms with van der Waals surface area (Å²) in [5.41, 5.74) is 7.32. The van der Waals surface area contributed by atoms with Crippen LogP contribution in [0.1, 0.15) is 11.3 Å². The first kappa shape index (κ1) is 18.1. The Hall–Kier alpha value is -2.29. The first-order valence-electron chi connectivity index (χ1n) is 6.79. The molecular formula is C15H15F3N4OS. The van der Waals surface area contributed by atoms with Crippen molar-refractivity contribution in [2.75, 3.05) is 12.9 Å². The number of hydrogen-bond donors (Lipinski definition) is 1. The van der Waals surface area contributed by atoms with Crippen molar-refractivity contribution < 1.29 is 17.9 Å². The number of amidine groups is 1. The van der Waals surface area contributed by atoms with Crippen LogP contribution in [-0.2, 0) is 0 Å². The Kier molecular flexibility index (Phi) is 5.66. The molecule has 0 bridgehead atoms. The normalized spacial score (nSPS) is 12.3. The summed E-state index contributed by atoms with van der Waals surface area (Å²) in [7, 11) is 1.46. The van der Waals surface area contributed by atoms with Gasteiger partial charge in [0.05, 0.1) is 12.9 Å². The van der Waals surface area contributed by atoms with Gasteiger partial charge in [0.2, 0.25) is 0 Å². The minimum Gasteiger partial charge on any atom is -0.494 e. The summed E-state index contributed by atoms with van der Waals surface area (Å²) in [6.45, 7) is 1.71. The zero-order chi connectivity index (χ0) is 17.7. The van der Waals surface area contributed by atoms with Crippen molar-refractivity contribution >= 4 is 23.3 Å². The molecule has 1 aromatic heterocycles. The van der Waals surface area contributed by atoms with Crippen LogP contribution in [-0.4, -0.2) is 34.8 Å². The van der Waals surface area contributed by atoms with Crippen molar-refractivity contribution in [3.8, 4) is 5.75 Å². The van der Waals surface area contributed by atoms with E-state index in [1.165, 1.54) is 25.7 Å². The van der Waals surface area contributed by atoms with E-state index in [9.17, 15) is 13.2 Å². The maximum atomic E-state index is 12.4. The van der Waals surface area contributed by atoms with E-state index in [0.29, 0.717) is 39.4 Å². The van der Waals surface area contributed by atoms with E-state index in [1.54, 1.807) is 19.1 Å². The van der Waals surface area contributed by atoms with Gasteiger partial charge < -0.3 is 10.5 Å². The van der Waals surface area contributed by atoms with Crippen molar-refractivity contribution in [1.82, 2.24) is 9.97 Å². The summed E-state index contributed by atoms with van der Waals surface area (Å²) in [5.74, 6) is -0.447. The van der Waals surface area contributed by atoms with Gasteiger partial charge >= 0.3 is 6.18 Å². The quantitative estimate of drug-likeness (QED) is 0.504. The summed E-state index contributed by atoms with van der Waals surface area (Å²) in [6, 6.07) is 4.74. The molecule has 0 atom stereocenters. The minimum atomic E-state index is -4.25. The second kappa shape index (κ2) is 7.52. The molecule has 128 valence electrons. The Labute approximate surface area is 141 Å². The molecule has 9 heteroatoms. The van der Waals surface area contributed by atoms with Crippen LogP contribution in [0.25, 0.3) is 0 Å². The molecule has 1 heterocycles. The van der Waals surface area contributed by atoms with Crippen molar-refractivity contribution in [2.45, 2.75) is 18.0 Å². The van der Waals surface area contributed by atoms with Crippen LogP contribution in [0.2, 0.25) is 0 Å². The van der Waals surface area contributed by atoms with Gasteiger partial charge in [-0.25, -0.2) is 15.0 Å². The summed E-state index contributed by atoms with van der Waals surface area (Å²) in [5, 5.41) is 0. The third kappa shape index (κ3) is 4.85. The number of aliphatic imine (C=N–C) groups is 1. The van der Waals surface area contributed by atoms with E-state index < -0.39 is 11.9 Å². The number of aryl methyl sites for hydroxylation is 1. The van der Waals surface area contributed by atoms with Gasteiger partial charge in [0.1, 0.15) is 29.3 Å². The molecule has 24 heavy (non-hydrogen) atoms. The second-order valence-corrected chi connectivity index (χ2v) is 5.80. The van der Waals surface area contributed by atoms with Crippen LogP contribution >= 0.6 is 11.8 Å². The van der Waals surface area contributed by atoms with Gasteiger partial charge in [0.25, 0.3) is 0 Å². The van der Waals surface area contributed by atoms with Gasteiger partial charge in [-0.3, -0.25) is 0 Å². The zero-order valence-corrected chi connectivity index (χ0v) is 13.8. The van der Waals surface area contributed by atoms with Crippen LogP contribution in [0, 0.1) is 6.92 Å². The fraction of sp³-hybridized carbons (Fsp3) is 0.267. The van der Waals surface area contributed by atoms with Crippen LogP contribution < -0.4 is 10.5 Å². The standard InChI is InChI=1S/C15H15F3N4OS/c1-9-5-12(23-2)11(6-13(9)24-7-15(16,17)18)22-14(19)10-3-4-20-8-21-10/h3-6,8H,7H2,1-2H3,(H2,19,22). The van der Waals surface area contributed by atoms with E-state index in [2.05, 4.69) is 15.0 Å². The van der Waals surface area contributed by atoms with Crippen molar-refractivity contribution in [1.29, 1.82) is 0 Å². The maximum Gasteiger partial charge on any atom is 0.398 e. The number of rotatable bonds is 5. The average Bonchev–Trinajstić information content (AvgIpc) is 2.54. The van der Waals surface area contributed by atoms with Gasteiger partial charge in [0.15, 0.2) is 0 Å². The minimum absolute atomic E-state index is 0.117. The summed E-state index contributed by atoms with van der Waals surface area (Å²) >= 11 is 0.694. The Morgan fingerprint density at radius 3 is 2.71 bits per heavy atom. The lowest BCUT2D eigenvalue weighted by atomic mass is 10.2. The average molecular weight is 356 g/mol. The summed E-state index contributed by atoms with van der Waals surface area (Å²) in [4.78, 5) is 12.5. The highest BCUT2D eigenvalue weighted by Crippen LogP contribution is 2.37. The molecule has 2 rings (SSSR count). The predicted molar refractivity (Wildman–Crippen MR) is 86.9 cm³/mol. The molecule has 0 aliphatic rings. The van der Waals surface area contributed by atoms with Gasteiger partial charge in [-0.2, -0.15) is 13.2 Å². The van der Waals surface area contributed by atoms with Gasteiger partial charge in [0, 0.05) is 11.1 Å². The number of aromatic nitrogens is 2. The van der Waals surface area contributed by atoms with E-state index in [4.69, 9.17) is 10.5 Å². The van der Waals surface area contributed by atoms with Gasteiger partial charge in [-0.05, 0) is 30.7 Å². The number of nitrogens with two attached hydrogens (primary N) is 1. The SMILES string of the molecule is COc1cc(C)c(SCC(F)(F)F)cc1/N=C(\N)c1ccncn1. The fourth-order valence-electron chi connectivity index (χ4n) is 1.85.